The number of halogens is 2. The number of aromatic nitrogens is 2. The van der Waals surface area contributed by atoms with Crippen molar-refractivity contribution in [3.05, 3.63) is 79.4 Å². The molecule has 0 saturated heterocycles. The van der Waals surface area contributed by atoms with E-state index in [1.54, 1.807) is 12.2 Å². The summed E-state index contributed by atoms with van der Waals surface area (Å²) in [5, 5.41) is 19.4. The van der Waals surface area contributed by atoms with Crippen LogP contribution in [0.15, 0.2) is 57.5 Å². The van der Waals surface area contributed by atoms with Crippen molar-refractivity contribution in [3.63, 3.8) is 0 Å². The molecule has 27 heavy (non-hydrogen) atoms. The minimum absolute atomic E-state index is 0.317. The van der Waals surface area contributed by atoms with Gasteiger partial charge in [0.2, 0.25) is 0 Å². The Labute approximate surface area is 177 Å². The minimum atomic E-state index is 0.317. The predicted molar refractivity (Wildman–Crippen MR) is 115 cm³/mol. The van der Waals surface area contributed by atoms with Gasteiger partial charge in [0.1, 0.15) is 12.1 Å². The fourth-order valence-corrected chi connectivity index (χ4v) is 3.35. The van der Waals surface area contributed by atoms with Crippen molar-refractivity contribution in [3.8, 4) is 12.1 Å². The summed E-state index contributed by atoms with van der Waals surface area (Å²) in [5.41, 5.74) is 2.51. The SMILES string of the molecule is N#C/C(=C\c1ccc(Br)cc1)c1nsc(/C(C#N)=C/c2ccc(Br)cc2)n1. The molecule has 0 aliphatic heterocycles. The van der Waals surface area contributed by atoms with Gasteiger partial charge in [-0.3, -0.25) is 0 Å². The van der Waals surface area contributed by atoms with Gasteiger partial charge in [-0.2, -0.15) is 14.9 Å². The van der Waals surface area contributed by atoms with Gasteiger partial charge < -0.3 is 0 Å². The number of nitriles is 2. The zero-order valence-electron chi connectivity index (χ0n) is 13.7. The van der Waals surface area contributed by atoms with Crippen LogP contribution in [0.4, 0.5) is 0 Å². The third-order valence-electron chi connectivity index (χ3n) is 3.50. The van der Waals surface area contributed by atoms with Gasteiger partial charge in [0.05, 0.1) is 11.1 Å². The molecule has 0 N–H and O–H groups in total. The van der Waals surface area contributed by atoms with E-state index in [0.29, 0.717) is 22.0 Å². The molecule has 130 valence electrons. The van der Waals surface area contributed by atoms with E-state index in [1.807, 2.05) is 48.5 Å². The van der Waals surface area contributed by atoms with Gasteiger partial charge in [-0.05, 0) is 59.1 Å². The lowest BCUT2D eigenvalue weighted by Gasteiger charge is -1.96. The van der Waals surface area contributed by atoms with Crippen LogP contribution in [0.1, 0.15) is 22.0 Å². The molecule has 1 heterocycles. The van der Waals surface area contributed by atoms with Crippen LogP contribution in [-0.2, 0) is 0 Å². The van der Waals surface area contributed by atoms with Gasteiger partial charge in [0.25, 0.3) is 0 Å². The van der Waals surface area contributed by atoms with Gasteiger partial charge in [-0.1, -0.05) is 56.1 Å². The number of hydrogen-bond acceptors (Lipinski definition) is 5. The van der Waals surface area contributed by atoms with Crippen molar-refractivity contribution in [1.29, 1.82) is 10.5 Å². The fourth-order valence-electron chi connectivity index (χ4n) is 2.18. The van der Waals surface area contributed by atoms with Gasteiger partial charge in [-0.15, -0.1) is 0 Å². The molecule has 0 unspecified atom stereocenters. The number of rotatable bonds is 4. The first-order valence-corrected chi connectivity index (χ1v) is 10.0. The number of nitrogens with zero attached hydrogens (tertiary/aromatic N) is 4. The second-order valence-corrected chi connectivity index (χ2v) is 7.95. The molecule has 0 bridgehead atoms. The number of benzene rings is 2. The van der Waals surface area contributed by atoms with Crippen LogP contribution in [0.5, 0.6) is 0 Å². The summed E-state index contributed by atoms with van der Waals surface area (Å²) in [6.07, 6.45) is 3.48. The van der Waals surface area contributed by atoms with Crippen LogP contribution in [0.2, 0.25) is 0 Å². The van der Waals surface area contributed by atoms with Crippen molar-refractivity contribution in [2.75, 3.05) is 0 Å². The third-order valence-corrected chi connectivity index (χ3v) is 5.31. The Morgan fingerprint density at radius 3 is 1.78 bits per heavy atom. The van der Waals surface area contributed by atoms with Crippen LogP contribution in [0.25, 0.3) is 23.3 Å². The highest BCUT2D eigenvalue weighted by Crippen LogP contribution is 2.24. The van der Waals surface area contributed by atoms with Gasteiger partial charge in [-0.25, -0.2) is 4.98 Å². The summed E-state index contributed by atoms with van der Waals surface area (Å²) in [4.78, 5) is 4.39. The fraction of sp³-hybridized carbons (Fsp3) is 0. The molecule has 0 amide bonds. The van der Waals surface area contributed by atoms with E-state index in [4.69, 9.17) is 0 Å². The third kappa shape index (κ3) is 4.99. The number of allylic oxidation sites excluding steroid dienone is 2. The van der Waals surface area contributed by atoms with E-state index < -0.39 is 0 Å². The molecule has 3 aromatic rings. The van der Waals surface area contributed by atoms with Crippen molar-refractivity contribution < 1.29 is 0 Å². The zero-order valence-corrected chi connectivity index (χ0v) is 17.7. The largest absolute Gasteiger partial charge is 0.213 e. The van der Waals surface area contributed by atoms with Crippen LogP contribution in [-0.4, -0.2) is 9.36 Å². The maximum Gasteiger partial charge on any atom is 0.184 e. The topological polar surface area (TPSA) is 73.4 Å². The first kappa shape index (κ1) is 19.2. The van der Waals surface area contributed by atoms with Gasteiger partial charge in [0.15, 0.2) is 10.8 Å². The quantitative estimate of drug-likeness (QED) is 0.402. The average Bonchev–Trinajstić information content (AvgIpc) is 3.17. The molecule has 0 atom stereocenters. The Bertz CT molecular complexity index is 1010. The van der Waals surface area contributed by atoms with E-state index in [-0.39, 0.29) is 0 Å². The van der Waals surface area contributed by atoms with Crippen LogP contribution < -0.4 is 0 Å². The van der Waals surface area contributed by atoms with Crippen molar-refractivity contribution in [1.82, 2.24) is 9.36 Å². The molecule has 7 heteroatoms. The monoisotopic (exact) mass is 496 g/mol. The normalized spacial score (nSPS) is 11.7. The maximum absolute atomic E-state index is 9.49. The first-order valence-electron chi connectivity index (χ1n) is 7.68. The lowest BCUT2D eigenvalue weighted by atomic mass is 10.1. The standard InChI is InChI=1S/C20H10Br2N4S/c21-17-5-1-13(2-6-17)9-15(11-23)19-25-20(27-26-19)16(12-24)10-14-3-7-18(22)8-4-14/h1-10H/b15-9+,16-10+. The number of hydrogen-bond donors (Lipinski definition) is 0. The smallest absolute Gasteiger partial charge is 0.184 e. The second kappa shape index (κ2) is 8.88. The predicted octanol–water partition coefficient (Wildman–Crippen LogP) is 6.19. The van der Waals surface area contributed by atoms with E-state index in [2.05, 4.69) is 53.4 Å². The molecule has 3 rings (SSSR count). The van der Waals surface area contributed by atoms with E-state index in [1.165, 1.54) is 0 Å². The van der Waals surface area contributed by atoms with Crippen LogP contribution >= 0.6 is 43.4 Å². The molecule has 0 aliphatic carbocycles. The summed E-state index contributed by atoms with van der Waals surface area (Å²) in [6, 6.07) is 19.5. The van der Waals surface area contributed by atoms with E-state index >= 15 is 0 Å². The van der Waals surface area contributed by atoms with Crippen molar-refractivity contribution >= 4 is 66.7 Å². The summed E-state index contributed by atoms with van der Waals surface area (Å²) in [7, 11) is 0. The Morgan fingerprint density at radius 2 is 1.30 bits per heavy atom. The molecule has 0 aliphatic rings. The molecular formula is C20H10Br2N4S. The lowest BCUT2D eigenvalue weighted by molar-refractivity contribution is 1.25. The highest BCUT2D eigenvalue weighted by Gasteiger charge is 2.13. The summed E-state index contributed by atoms with van der Waals surface area (Å²) >= 11 is 7.87. The van der Waals surface area contributed by atoms with Gasteiger partial charge in [0, 0.05) is 8.95 Å². The molecule has 0 saturated carbocycles. The van der Waals surface area contributed by atoms with Crippen LogP contribution in [0, 0.1) is 22.7 Å². The van der Waals surface area contributed by atoms with E-state index in [0.717, 1.165) is 31.6 Å². The summed E-state index contributed by atoms with van der Waals surface area (Å²) in [6.45, 7) is 0. The minimum Gasteiger partial charge on any atom is -0.213 e. The average molecular weight is 498 g/mol. The Kier molecular flexibility index (Phi) is 6.31. The molecule has 2 aromatic carbocycles. The molecule has 1 aromatic heterocycles. The Hall–Kier alpha value is -2.58. The highest BCUT2D eigenvalue weighted by atomic mass is 79.9. The molecule has 0 spiro atoms. The van der Waals surface area contributed by atoms with Gasteiger partial charge >= 0.3 is 0 Å². The molecule has 0 radical (unpaired) electrons. The van der Waals surface area contributed by atoms with E-state index in [9.17, 15) is 10.5 Å². The molecule has 4 nitrogen and oxygen atoms in total. The second-order valence-electron chi connectivity index (χ2n) is 5.37. The Balaban J connectivity index is 1.92. The lowest BCUT2D eigenvalue weighted by Crippen LogP contribution is -1.87. The van der Waals surface area contributed by atoms with Crippen molar-refractivity contribution in [2.45, 2.75) is 0 Å². The Morgan fingerprint density at radius 1 is 0.815 bits per heavy atom. The first-order chi connectivity index (χ1) is 13.1. The maximum atomic E-state index is 9.49. The highest BCUT2D eigenvalue weighted by molar-refractivity contribution is 9.10. The van der Waals surface area contributed by atoms with Crippen molar-refractivity contribution in [2.24, 2.45) is 0 Å². The summed E-state index contributed by atoms with van der Waals surface area (Å²) in [5.74, 6) is 0.317. The zero-order chi connectivity index (χ0) is 19.2. The molecular weight excluding hydrogens is 488 g/mol. The molecule has 0 fully saturated rings. The summed E-state index contributed by atoms with van der Waals surface area (Å²) < 4.78 is 6.18. The van der Waals surface area contributed by atoms with Crippen LogP contribution in [0.3, 0.4) is 0 Å².